The van der Waals surface area contributed by atoms with Crippen molar-refractivity contribution in [2.24, 2.45) is 0 Å². The molecule has 1 heterocycles. The van der Waals surface area contributed by atoms with Crippen LogP contribution >= 0.6 is 0 Å². The number of hydrogen-bond acceptors (Lipinski definition) is 4. The first-order valence-corrected chi connectivity index (χ1v) is 7.67. The molecule has 2 rings (SSSR count). The monoisotopic (exact) mass is 282 g/mol. The summed E-state index contributed by atoms with van der Waals surface area (Å²) in [6, 6.07) is 0.347. The smallest absolute Gasteiger partial charge is 0.321 e. The topological polar surface area (TPSA) is 73.5 Å². The minimum absolute atomic E-state index is 0.211. The van der Waals surface area contributed by atoms with Crippen LogP contribution in [-0.2, 0) is 4.79 Å². The lowest BCUT2D eigenvalue weighted by Gasteiger charge is -2.31. The van der Waals surface area contributed by atoms with E-state index in [4.69, 9.17) is 0 Å². The number of carbonyl (C=O) groups excluding carboxylic acids is 2. The van der Waals surface area contributed by atoms with Crippen LogP contribution in [0.4, 0.5) is 4.79 Å². The molecule has 1 aliphatic carbocycles. The Morgan fingerprint density at radius 2 is 1.80 bits per heavy atom. The molecule has 2 fully saturated rings. The van der Waals surface area contributed by atoms with E-state index < -0.39 is 0 Å². The van der Waals surface area contributed by atoms with Gasteiger partial charge in [0.1, 0.15) is 0 Å². The summed E-state index contributed by atoms with van der Waals surface area (Å²) in [6.07, 6.45) is 6.62. The molecule has 1 aliphatic heterocycles. The normalized spacial score (nSPS) is 24.6. The van der Waals surface area contributed by atoms with Crippen molar-refractivity contribution in [3.8, 4) is 0 Å². The molecule has 1 atom stereocenters. The average Bonchev–Trinajstić information content (AvgIpc) is 2.91. The van der Waals surface area contributed by atoms with Gasteiger partial charge in [0.2, 0.25) is 5.91 Å². The summed E-state index contributed by atoms with van der Waals surface area (Å²) in [6.45, 7) is 2.10. The molecule has 1 unspecified atom stereocenters. The minimum atomic E-state index is -0.343. The molecule has 0 radical (unpaired) electrons. The first kappa shape index (κ1) is 15.3. The van der Waals surface area contributed by atoms with E-state index in [2.05, 4.69) is 20.9 Å². The van der Waals surface area contributed by atoms with Crippen molar-refractivity contribution in [2.75, 3.05) is 26.7 Å². The predicted molar refractivity (Wildman–Crippen MR) is 77.5 cm³/mol. The molecule has 6 nitrogen and oxygen atoms in total. The second-order valence-electron chi connectivity index (χ2n) is 5.87. The maximum absolute atomic E-state index is 11.9. The molecule has 2 aliphatic rings. The average molecular weight is 282 g/mol. The van der Waals surface area contributed by atoms with Gasteiger partial charge in [-0.3, -0.25) is 15.0 Å². The van der Waals surface area contributed by atoms with Crippen LogP contribution in [0.1, 0.15) is 38.5 Å². The summed E-state index contributed by atoms with van der Waals surface area (Å²) < 4.78 is 0. The lowest BCUT2D eigenvalue weighted by atomic mass is 10.1. The summed E-state index contributed by atoms with van der Waals surface area (Å²) in [5.41, 5.74) is 0. The van der Waals surface area contributed by atoms with Gasteiger partial charge in [-0.05, 0) is 39.3 Å². The van der Waals surface area contributed by atoms with Crippen LogP contribution < -0.4 is 16.0 Å². The van der Waals surface area contributed by atoms with Gasteiger partial charge in [-0.25, -0.2) is 4.79 Å². The van der Waals surface area contributed by atoms with Crippen LogP contribution in [0.25, 0.3) is 0 Å². The van der Waals surface area contributed by atoms with Crippen molar-refractivity contribution in [3.05, 3.63) is 0 Å². The lowest BCUT2D eigenvalue weighted by Crippen LogP contribution is -2.50. The van der Waals surface area contributed by atoms with Crippen LogP contribution in [0, 0.1) is 0 Å². The van der Waals surface area contributed by atoms with Crippen LogP contribution in [0.2, 0.25) is 0 Å². The largest absolute Gasteiger partial charge is 0.335 e. The lowest BCUT2D eigenvalue weighted by molar-refractivity contribution is -0.121. The molecule has 0 aromatic carbocycles. The Morgan fingerprint density at radius 3 is 2.50 bits per heavy atom. The van der Waals surface area contributed by atoms with Crippen molar-refractivity contribution < 1.29 is 9.59 Å². The number of piperidine rings is 1. The predicted octanol–water partition coefficient (Wildman–Crippen LogP) is 0.439. The molecule has 0 bridgehead atoms. The fourth-order valence-electron chi connectivity index (χ4n) is 3.10. The number of rotatable bonds is 4. The molecule has 1 saturated carbocycles. The van der Waals surface area contributed by atoms with E-state index in [-0.39, 0.29) is 18.0 Å². The highest BCUT2D eigenvalue weighted by atomic mass is 16.2. The zero-order chi connectivity index (χ0) is 14.4. The number of urea groups is 1. The van der Waals surface area contributed by atoms with E-state index in [1.807, 2.05) is 7.05 Å². The van der Waals surface area contributed by atoms with E-state index in [1.165, 1.54) is 0 Å². The Kier molecular flexibility index (Phi) is 5.79. The van der Waals surface area contributed by atoms with E-state index >= 15 is 0 Å². The minimum Gasteiger partial charge on any atom is -0.335 e. The second-order valence-corrected chi connectivity index (χ2v) is 5.87. The van der Waals surface area contributed by atoms with Gasteiger partial charge in [0.25, 0.3) is 0 Å². The zero-order valence-electron chi connectivity index (χ0n) is 12.3. The van der Waals surface area contributed by atoms with E-state index in [0.29, 0.717) is 12.6 Å². The number of likely N-dealkylation sites (tertiary alicyclic amines) is 1. The number of imide groups is 1. The molecule has 0 spiro atoms. The molecule has 6 heteroatoms. The first-order valence-electron chi connectivity index (χ1n) is 7.67. The van der Waals surface area contributed by atoms with Crippen molar-refractivity contribution in [2.45, 2.75) is 50.6 Å². The van der Waals surface area contributed by atoms with Gasteiger partial charge >= 0.3 is 6.03 Å². The van der Waals surface area contributed by atoms with Gasteiger partial charge in [0.05, 0.1) is 6.54 Å². The Hall–Kier alpha value is -1.14. The SMILES string of the molecule is CNC1CCCN(CC(=O)NC(=O)NC2CCCC2)C1. The van der Waals surface area contributed by atoms with Gasteiger partial charge < -0.3 is 10.6 Å². The molecular weight excluding hydrogens is 256 g/mol. The maximum atomic E-state index is 11.9. The molecule has 0 aromatic rings. The van der Waals surface area contributed by atoms with E-state index in [1.54, 1.807) is 0 Å². The fraction of sp³-hybridized carbons (Fsp3) is 0.857. The van der Waals surface area contributed by atoms with Crippen LogP contribution in [0.15, 0.2) is 0 Å². The summed E-state index contributed by atoms with van der Waals surface area (Å²) >= 11 is 0. The van der Waals surface area contributed by atoms with Gasteiger partial charge in [-0.1, -0.05) is 12.8 Å². The third-order valence-electron chi connectivity index (χ3n) is 4.22. The van der Waals surface area contributed by atoms with Crippen molar-refractivity contribution >= 4 is 11.9 Å². The third kappa shape index (κ3) is 4.76. The van der Waals surface area contributed by atoms with Crippen LogP contribution in [-0.4, -0.2) is 55.6 Å². The number of carbonyl (C=O) groups is 2. The quantitative estimate of drug-likeness (QED) is 0.699. The van der Waals surface area contributed by atoms with Crippen molar-refractivity contribution in [1.29, 1.82) is 0 Å². The van der Waals surface area contributed by atoms with Crippen LogP contribution in [0.3, 0.4) is 0 Å². The van der Waals surface area contributed by atoms with Crippen molar-refractivity contribution in [3.63, 3.8) is 0 Å². The summed E-state index contributed by atoms with van der Waals surface area (Å²) in [5, 5.41) is 8.54. The highest BCUT2D eigenvalue weighted by Gasteiger charge is 2.22. The van der Waals surface area contributed by atoms with E-state index in [0.717, 1.165) is 51.6 Å². The summed E-state index contributed by atoms with van der Waals surface area (Å²) in [7, 11) is 1.95. The highest BCUT2D eigenvalue weighted by Crippen LogP contribution is 2.17. The van der Waals surface area contributed by atoms with Gasteiger partial charge in [-0.15, -0.1) is 0 Å². The number of amides is 3. The van der Waals surface area contributed by atoms with Gasteiger partial charge in [-0.2, -0.15) is 0 Å². The molecule has 3 N–H and O–H groups in total. The molecule has 20 heavy (non-hydrogen) atoms. The fourth-order valence-corrected chi connectivity index (χ4v) is 3.10. The summed E-state index contributed by atoms with van der Waals surface area (Å²) in [5.74, 6) is -0.211. The maximum Gasteiger partial charge on any atom is 0.321 e. The number of likely N-dealkylation sites (N-methyl/N-ethyl adjacent to an activating group) is 1. The standard InChI is InChI=1S/C14H26N4O2/c1-15-12-7-4-8-18(9-12)10-13(19)17-14(20)16-11-5-2-3-6-11/h11-12,15H,2-10H2,1H3,(H2,16,17,19,20). The highest BCUT2D eigenvalue weighted by molar-refractivity contribution is 5.95. The zero-order valence-corrected chi connectivity index (χ0v) is 12.3. The molecular formula is C14H26N4O2. The van der Waals surface area contributed by atoms with Crippen molar-refractivity contribution in [1.82, 2.24) is 20.9 Å². The van der Waals surface area contributed by atoms with Gasteiger partial charge in [0.15, 0.2) is 0 Å². The van der Waals surface area contributed by atoms with E-state index in [9.17, 15) is 9.59 Å². The Morgan fingerprint density at radius 1 is 1.10 bits per heavy atom. The first-order chi connectivity index (χ1) is 9.67. The molecule has 3 amide bonds. The van der Waals surface area contributed by atoms with Gasteiger partial charge in [0, 0.05) is 18.6 Å². The second kappa shape index (κ2) is 7.59. The number of hydrogen-bond donors (Lipinski definition) is 3. The molecule has 0 aromatic heterocycles. The molecule has 114 valence electrons. The summed E-state index contributed by atoms with van der Waals surface area (Å²) in [4.78, 5) is 25.7. The Labute approximate surface area is 120 Å². The Bertz CT molecular complexity index is 342. The van der Waals surface area contributed by atoms with Crippen LogP contribution in [0.5, 0.6) is 0 Å². The molecule has 1 saturated heterocycles. The Balaban J connectivity index is 1.67. The number of nitrogens with zero attached hydrogens (tertiary/aromatic N) is 1. The number of nitrogens with one attached hydrogen (secondary N) is 3. The third-order valence-corrected chi connectivity index (χ3v) is 4.22.